The Kier molecular flexibility index (Phi) is 2.59. The lowest BCUT2D eigenvalue weighted by Crippen LogP contribution is -2.16. The van der Waals surface area contributed by atoms with Gasteiger partial charge in [0.15, 0.2) is 0 Å². The first-order valence-corrected chi connectivity index (χ1v) is 5.31. The van der Waals surface area contributed by atoms with Crippen molar-refractivity contribution in [1.82, 2.24) is 0 Å². The topological polar surface area (TPSA) is 38.8 Å². The van der Waals surface area contributed by atoms with Crippen LogP contribution in [0.1, 0.15) is 32.6 Å². The maximum atomic E-state index is 11.1. The van der Waals surface area contributed by atoms with Gasteiger partial charge in [-0.2, -0.15) is 0 Å². The molecule has 2 rings (SSSR count). The van der Waals surface area contributed by atoms with Gasteiger partial charge in [0, 0.05) is 6.08 Å². The number of rotatable bonds is 3. The van der Waals surface area contributed by atoms with Crippen LogP contribution < -0.4 is 0 Å². The van der Waals surface area contributed by atoms with Crippen LogP contribution in [0.3, 0.4) is 0 Å². The average molecular weight is 196 g/mol. The van der Waals surface area contributed by atoms with Crippen LogP contribution in [0.15, 0.2) is 12.2 Å². The van der Waals surface area contributed by atoms with E-state index in [1.54, 1.807) is 6.92 Å². The van der Waals surface area contributed by atoms with Gasteiger partial charge in [0.2, 0.25) is 0 Å². The van der Waals surface area contributed by atoms with Gasteiger partial charge in [0.1, 0.15) is 5.60 Å². The zero-order valence-corrected chi connectivity index (χ0v) is 8.49. The van der Waals surface area contributed by atoms with Crippen LogP contribution >= 0.6 is 0 Å². The molecule has 0 amide bonds. The summed E-state index contributed by atoms with van der Waals surface area (Å²) in [6, 6.07) is 0. The summed E-state index contributed by atoms with van der Waals surface area (Å²) in [5, 5.41) is 0. The molecule has 1 aliphatic heterocycles. The SMILES string of the molecule is CCOC(=O)/C=C/[C@@]12CCCC[C@H]1O2. The molecule has 1 aliphatic carbocycles. The van der Waals surface area contributed by atoms with E-state index in [4.69, 9.17) is 9.47 Å². The van der Waals surface area contributed by atoms with Crippen LogP contribution in [0.25, 0.3) is 0 Å². The standard InChI is InChI=1S/C11H16O3/c1-2-13-10(12)6-8-11-7-4-3-5-9(11)14-11/h6,8-9H,2-5,7H2,1H3/b8-6+/t9-,11+/m1/s1. The maximum absolute atomic E-state index is 11.1. The fourth-order valence-corrected chi connectivity index (χ4v) is 2.11. The Morgan fingerprint density at radius 2 is 2.50 bits per heavy atom. The third-order valence-corrected chi connectivity index (χ3v) is 2.92. The van der Waals surface area contributed by atoms with Gasteiger partial charge in [0.05, 0.1) is 12.7 Å². The number of hydrogen-bond donors (Lipinski definition) is 0. The van der Waals surface area contributed by atoms with E-state index in [1.165, 1.54) is 18.9 Å². The van der Waals surface area contributed by atoms with Crippen molar-refractivity contribution >= 4 is 5.97 Å². The van der Waals surface area contributed by atoms with E-state index in [0.29, 0.717) is 12.7 Å². The van der Waals surface area contributed by atoms with Crippen LogP contribution in [0.5, 0.6) is 0 Å². The molecular weight excluding hydrogens is 180 g/mol. The number of carbonyl (C=O) groups is 1. The van der Waals surface area contributed by atoms with Gasteiger partial charge in [-0.25, -0.2) is 4.79 Å². The molecule has 0 N–H and O–H groups in total. The molecule has 0 bridgehead atoms. The second-order valence-corrected chi connectivity index (χ2v) is 3.89. The third kappa shape index (κ3) is 1.82. The summed E-state index contributed by atoms with van der Waals surface area (Å²) in [5.41, 5.74) is -0.106. The molecule has 0 aromatic heterocycles. The second kappa shape index (κ2) is 3.73. The molecule has 3 heteroatoms. The average Bonchev–Trinajstić information content (AvgIpc) is 2.90. The number of fused-ring (bicyclic) bond motifs is 1. The maximum Gasteiger partial charge on any atom is 0.330 e. The molecule has 14 heavy (non-hydrogen) atoms. The number of esters is 1. The van der Waals surface area contributed by atoms with Crippen molar-refractivity contribution in [3.8, 4) is 0 Å². The zero-order valence-electron chi connectivity index (χ0n) is 8.49. The lowest BCUT2D eigenvalue weighted by atomic mass is 9.89. The molecule has 0 spiro atoms. The lowest BCUT2D eigenvalue weighted by Gasteiger charge is -2.12. The molecule has 1 saturated carbocycles. The summed E-state index contributed by atoms with van der Waals surface area (Å²) < 4.78 is 10.4. The van der Waals surface area contributed by atoms with Crippen LogP contribution in [-0.4, -0.2) is 24.3 Å². The molecule has 0 aromatic rings. The van der Waals surface area contributed by atoms with E-state index in [9.17, 15) is 4.79 Å². The van der Waals surface area contributed by atoms with Crippen LogP contribution in [0.2, 0.25) is 0 Å². The molecule has 2 fully saturated rings. The molecule has 2 aliphatic rings. The summed E-state index contributed by atoms with van der Waals surface area (Å²) in [6.07, 6.45) is 8.38. The highest BCUT2D eigenvalue weighted by Crippen LogP contribution is 2.48. The number of ether oxygens (including phenoxy) is 2. The van der Waals surface area contributed by atoms with Gasteiger partial charge >= 0.3 is 5.97 Å². The number of hydrogen-bond acceptors (Lipinski definition) is 3. The molecule has 0 unspecified atom stereocenters. The predicted molar refractivity (Wildman–Crippen MR) is 51.8 cm³/mol. The fraction of sp³-hybridized carbons (Fsp3) is 0.727. The van der Waals surface area contributed by atoms with Gasteiger partial charge in [-0.15, -0.1) is 0 Å². The summed E-state index contributed by atoms with van der Waals surface area (Å²) in [4.78, 5) is 11.1. The van der Waals surface area contributed by atoms with E-state index < -0.39 is 0 Å². The highest BCUT2D eigenvalue weighted by Gasteiger charge is 2.55. The quantitative estimate of drug-likeness (QED) is 0.392. The van der Waals surface area contributed by atoms with Gasteiger partial charge in [-0.3, -0.25) is 0 Å². The Hall–Kier alpha value is -0.830. The van der Waals surface area contributed by atoms with Gasteiger partial charge < -0.3 is 9.47 Å². The summed E-state index contributed by atoms with van der Waals surface area (Å²) in [7, 11) is 0. The smallest absolute Gasteiger partial charge is 0.330 e. The zero-order chi connectivity index (χ0) is 10.0. The van der Waals surface area contributed by atoms with E-state index in [0.717, 1.165) is 12.8 Å². The Labute approximate surface area is 84.1 Å². The largest absolute Gasteiger partial charge is 0.463 e. The summed E-state index contributed by atoms with van der Waals surface area (Å²) in [6.45, 7) is 2.24. The van der Waals surface area contributed by atoms with Gasteiger partial charge in [-0.1, -0.05) is 12.8 Å². The molecule has 1 saturated heterocycles. The highest BCUT2D eigenvalue weighted by molar-refractivity contribution is 5.82. The molecular formula is C11H16O3. The summed E-state index contributed by atoms with van der Waals surface area (Å²) >= 11 is 0. The minimum absolute atomic E-state index is 0.106. The molecule has 1 heterocycles. The van der Waals surface area contributed by atoms with Gasteiger partial charge in [0.25, 0.3) is 0 Å². The first-order valence-electron chi connectivity index (χ1n) is 5.31. The van der Waals surface area contributed by atoms with Crippen molar-refractivity contribution in [2.24, 2.45) is 0 Å². The van der Waals surface area contributed by atoms with E-state index in [1.807, 2.05) is 6.08 Å². The van der Waals surface area contributed by atoms with E-state index in [-0.39, 0.29) is 11.6 Å². The minimum atomic E-state index is -0.262. The van der Waals surface area contributed by atoms with Crippen molar-refractivity contribution in [1.29, 1.82) is 0 Å². The monoisotopic (exact) mass is 196 g/mol. The normalized spacial score (nSPS) is 35.4. The Morgan fingerprint density at radius 3 is 3.21 bits per heavy atom. The predicted octanol–water partition coefficient (Wildman–Crippen LogP) is 1.82. The molecule has 0 radical (unpaired) electrons. The Bertz CT molecular complexity index is 259. The van der Waals surface area contributed by atoms with E-state index >= 15 is 0 Å². The number of epoxide rings is 1. The number of carbonyl (C=O) groups excluding carboxylic acids is 1. The van der Waals surface area contributed by atoms with E-state index in [2.05, 4.69) is 0 Å². The lowest BCUT2D eigenvalue weighted by molar-refractivity contribution is -0.137. The Morgan fingerprint density at radius 1 is 1.64 bits per heavy atom. The molecule has 78 valence electrons. The Balaban J connectivity index is 1.88. The fourth-order valence-electron chi connectivity index (χ4n) is 2.11. The molecule has 2 atom stereocenters. The first kappa shape index (κ1) is 9.71. The summed E-state index contributed by atoms with van der Waals surface area (Å²) in [5.74, 6) is -0.262. The molecule has 0 aromatic carbocycles. The van der Waals surface area contributed by atoms with Crippen molar-refractivity contribution in [2.75, 3.05) is 6.61 Å². The van der Waals surface area contributed by atoms with Crippen molar-refractivity contribution in [3.05, 3.63) is 12.2 Å². The first-order chi connectivity index (χ1) is 6.77. The molecule has 3 nitrogen and oxygen atoms in total. The van der Waals surface area contributed by atoms with Crippen LogP contribution in [0.4, 0.5) is 0 Å². The van der Waals surface area contributed by atoms with Crippen LogP contribution in [0, 0.1) is 0 Å². The minimum Gasteiger partial charge on any atom is -0.463 e. The second-order valence-electron chi connectivity index (χ2n) is 3.89. The van der Waals surface area contributed by atoms with Crippen molar-refractivity contribution in [2.45, 2.75) is 44.3 Å². The van der Waals surface area contributed by atoms with Crippen LogP contribution in [-0.2, 0) is 14.3 Å². The van der Waals surface area contributed by atoms with Crippen molar-refractivity contribution < 1.29 is 14.3 Å². The third-order valence-electron chi connectivity index (χ3n) is 2.92. The highest BCUT2D eigenvalue weighted by atomic mass is 16.6. The van der Waals surface area contributed by atoms with Crippen molar-refractivity contribution in [3.63, 3.8) is 0 Å². The van der Waals surface area contributed by atoms with Gasteiger partial charge in [-0.05, 0) is 25.8 Å².